The van der Waals surface area contributed by atoms with Crippen LogP contribution in [0.1, 0.15) is 5.56 Å². The number of hydrogen-bond donors (Lipinski definition) is 2. The second kappa shape index (κ2) is 7.12. The maximum Gasteiger partial charge on any atom is 0.323 e. The highest BCUT2D eigenvalue weighted by Gasteiger charge is 2.14. The number of rotatable bonds is 4. The van der Waals surface area contributed by atoms with E-state index in [1.807, 2.05) is 12.1 Å². The number of nitrogens with zero attached hydrogens (tertiary/aromatic N) is 1. The summed E-state index contributed by atoms with van der Waals surface area (Å²) >= 11 is 0. The number of fused-ring (bicyclic) bond motifs is 1. The zero-order chi connectivity index (χ0) is 17.8. The van der Waals surface area contributed by atoms with E-state index in [1.165, 1.54) is 0 Å². The molecule has 0 saturated carbocycles. The topological polar surface area (TPSA) is 79.9 Å². The Morgan fingerprint density at radius 3 is 2.32 bits per heavy atom. The first kappa shape index (κ1) is 16.6. The van der Waals surface area contributed by atoms with Crippen LogP contribution in [0.15, 0.2) is 42.5 Å². The summed E-state index contributed by atoms with van der Waals surface area (Å²) < 4.78 is 10.5. The molecule has 0 radical (unpaired) electrons. The largest absolute Gasteiger partial charge is 0.454 e. The van der Waals surface area contributed by atoms with Crippen LogP contribution in [0.3, 0.4) is 0 Å². The molecule has 7 heteroatoms. The summed E-state index contributed by atoms with van der Waals surface area (Å²) in [5.74, 6) is 1.29. The molecule has 7 nitrogen and oxygen atoms in total. The van der Waals surface area contributed by atoms with Crippen LogP contribution in [0.5, 0.6) is 11.5 Å². The van der Waals surface area contributed by atoms with Gasteiger partial charge < -0.3 is 25.0 Å². The van der Waals surface area contributed by atoms with Crippen molar-refractivity contribution in [3.05, 3.63) is 48.0 Å². The molecule has 2 aromatic rings. The van der Waals surface area contributed by atoms with Gasteiger partial charge in [-0.05, 0) is 29.8 Å². The van der Waals surface area contributed by atoms with Crippen molar-refractivity contribution in [2.24, 2.45) is 0 Å². The number of nitrogens with one attached hydrogen (secondary N) is 2. The maximum absolute atomic E-state index is 12.1. The molecule has 3 rings (SSSR count). The lowest BCUT2D eigenvalue weighted by atomic mass is 10.1. The van der Waals surface area contributed by atoms with E-state index in [0.29, 0.717) is 29.3 Å². The first-order valence-corrected chi connectivity index (χ1v) is 7.78. The van der Waals surface area contributed by atoms with Gasteiger partial charge >= 0.3 is 6.03 Å². The van der Waals surface area contributed by atoms with Crippen molar-refractivity contribution in [2.45, 2.75) is 6.42 Å². The Kier molecular flexibility index (Phi) is 4.74. The number of anilines is 2. The van der Waals surface area contributed by atoms with E-state index < -0.39 is 0 Å². The Morgan fingerprint density at radius 1 is 0.960 bits per heavy atom. The molecule has 130 valence electrons. The minimum absolute atomic E-state index is 0.0289. The van der Waals surface area contributed by atoms with Gasteiger partial charge in [0.05, 0.1) is 6.42 Å². The lowest BCUT2D eigenvalue weighted by Crippen LogP contribution is -2.23. The van der Waals surface area contributed by atoms with Crippen molar-refractivity contribution < 1.29 is 19.1 Å². The molecule has 0 spiro atoms. The van der Waals surface area contributed by atoms with Gasteiger partial charge in [-0.1, -0.05) is 12.1 Å². The summed E-state index contributed by atoms with van der Waals surface area (Å²) in [7, 11) is 3.44. The van der Waals surface area contributed by atoms with Crippen molar-refractivity contribution >= 4 is 23.3 Å². The summed E-state index contributed by atoms with van der Waals surface area (Å²) in [6.07, 6.45) is 0.330. The molecule has 25 heavy (non-hydrogen) atoms. The van der Waals surface area contributed by atoms with Crippen LogP contribution in [0.4, 0.5) is 16.2 Å². The summed E-state index contributed by atoms with van der Waals surface area (Å²) in [5, 5.41) is 5.48. The zero-order valence-corrected chi connectivity index (χ0v) is 14.0. The Balaban J connectivity index is 1.56. The highest BCUT2D eigenvalue weighted by molar-refractivity contribution is 6.00. The standard InChI is InChI=1S/C18H19N3O4/c1-21(2)17(22)9-12-3-5-13(6-4-12)19-18(23)20-14-7-8-15-16(10-14)25-11-24-15/h3-8,10H,9,11H2,1-2H3,(H2,19,20,23). The normalized spacial score (nSPS) is 11.8. The van der Waals surface area contributed by atoms with Crippen molar-refractivity contribution in [3.8, 4) is 11.5 Å². The average Bonchev–Trinajstić information content (AvgIpc) is 3.04. The van der Waals surface area contributed by atoms with Crippen LogP contribution in [0.25, 0.3) is 0 Å². The summed E-state index contributed by atoms with van der Waals surface area (Å²) in [6.45, 7) is 0.188. The SMILES string of the molecule is CN(C)C(=O)Cc1ccc(NC(=O)Nc2ccc3c(c2)OCO3)cc1. The first-order valence-electron chi connectivity index (χ1n) is 7.78. The Morgan fingerprint density at radius 2 is 1.60 bits per heavy atom. The molecule has 0 unspecified atom stereocenters. The van der Waals surface area contributed by atoms with E-state index in [1.54, 1.807) is 49.3 Å². The van der Waals surface area contributed by atoms with Crippen LogP contribution >= 0.6 is 0 Å². The van der Waals surface area contributed by atoms with Crippen LogP contribution in [0, 0.1) is 0 Å². The average molecular weight is 341 g/mol. The number of amides is 3. The van der Waals surface area contributed by atoms with Crippen molar-refractivity contribution in [3.63, 3.8) is 0 Å². The molecule has 2 aromatic carbocycles. The Bertz CT molecular complexity index is 787. The van der Waals surface area contributed by atoms with Gasteiger partial charge in [-0.25, -0.2) is 4.79 Å². The molecule has 0 atom stereocenters. The minimum Gasteiger partial charge on any atom is -0.454 e. The van der Waals surface area contributed by atoms with E-state index in [-0.39, 0.29) is 18.7 Å². The van der Waals surface area contributed by atoms with E-state index in [4.69, 9.17) is 9.47 Å². The van der Waals surface area contributed by atoms with E-state index in [0.717, 1.165) is 5.56 Å². The van der Waals surface area contributed by atoms with Crippen molar-refractivity contribution in [2.75, 3.05) is 31.5 Å². The number of hydrogen-bond acceptors (Lipinski definition) is 4. The van der Waals surface area contributed by atoms with E-state index in [2.05, 4.69) is 10.6 Å². The van der Waals surface area contributed by atoms with Gasteiger partial charge in [-0.2, -0.15) is 0 Å². The van der Waals surface area contributed by atoms with Gasteiger partial charge in [0.2, 0.25) is 12.7 Å². The predicted octanol–water partition coefficient (Wildman–Crippen LogP) is 2.69. The minimum atomic E-state index is -0.365. The van der Waals surface area contributed by atoms with Crippen molar-refractivity contribution in [1.82, 2.24) is 4.90 Å². The quantitative estimate of drug-likeness (QED) is 0.896. The lowest BCUT2D eigenvalue weighted by molar-refractivity contribution is -0.127. The second-order valence-electron chi connectivity index (χ2n) is 5.81. The van der Waals surface area contributed by atoms with E-state index in [9.17, 15) is 9.59 Å². The highest BCUT2D eigenvalue weighted by atomic mass is 16.7. The van der Waals surface area contributed by atoms with Gasteiger partial charge in [-0.3, -0.25) is 4.79 Å². The molecular weight excluding hydrogens is 322 g/mol. The molecule has 1 heterocycles. The predicted molar refractivity (Wildman–Crippen MR) is 94.0 cm³/mol. The number of carbonyl (C=O) groups excluding carboxylic acids is 2. The smallest absolute Gasteiger partial charge is 0.323 e. The molecule has 3 amide bonds. The summed E-state index contributed by atoms with van der Waals surface area (Å²) in [6, 6.07) is 12.0. The second-order valence-corrected chi connectivity index (χ2v) is 5.81. The number of urea groups is 1. The fourth-order valence-corrected chi connectivity index (χ4v) is 2.31. The number of ether oxygens (including phenoxy) is 2. The Hall–Kier alpha value is -3.22. The zero-order valence-electron chi connectivity index (χ0n) is 14.0. The van der Waals surface area contributed by atoms with Crippen LogP contribution in [-0.2, 0) is 11.2 Å². The lowest BCUT2D eigenvalue weighted by Gasteiger charge is -2.11. The molecule has 1 aliphatic heterocycles. The number of benzene rings is 2. The monoisotopic (exact) mass is 341 g/mol. The molecule has 0 bridgehead atoms. The summed E-state index contributed by atoms with van der Waals surface area (Å²) in [5.41, 5.74) is 2.13. The third-order valence-electron chi connectivity index (χ3n) is 3.70. The van der Waals surface area contributed by atoms with Gasteiger partial charge in [-0.15, -0.1) is 0 Å². The van der Waals surface area contributed by atoms with Crippen molar-refractivity contribution in [1.29, 1.82) is 0 Å². The molecule has 1 aliphatic rings. The van der Waals surface area contributed by atoms with Gasteiger partial charge in [0, 0.05) is 31.5 Å². The molecular formula is C18H19N3O4. The molecule has 0 aliphatic carbocycles. The Labute approximate surface area is 145 Å². The molecule has 0 saturated heterocycles. The van der Waals surface area contributed by atoms with Gasteiger partial charge in [0.15, 0.2) is 11.5 Å². The summed E-state index contributed by atoms with van der Waals surface area (Å²) in [4.78, 5) is 25.3. The van der Waals surface area contributed by atoms with Crippen LogP contribution < -0.4 is 20.1 Å². The molecule has 2 N–H and O–H groups in total. The molecule has 0 fully saturated rings. The number of likely N-dealkylation sites (N-methyl/N-ethyl adjacent to an activating group) is 1. The van der Waals surface area contributed by atoms with Gasteiger partial charge in [0.25, 0.3) is 0 Å². The van der Waals surface area contributed by atoms with Crippen LogP contribution in [0.2, 0.25) is 0 Å². The van der Waals surface area contributed by atoms with E-state index >= 15 is 0 Å². The maximum atomic E-state index is 12.1. The highest BCUT2D eigenvalue weighted by Crippen LogP contribution is 2.34. The first-order chi connectivity index (χ1) is 12.0. The third-order valence-corrected chi connectivity index (χ3v) is 3.70. The fraction of sp³-hybridized carbons (Fsp3) is 0.222. The van der Waals surface area contributed by atoms with Gasteiger partial charge in [0.1, 0.15) is 0 Å². The molecule has 0 aromatic heterocycles. The third kappa shape index (κ3) is 4.20. The fourth-order valence-electron chi connectivity index (χ4n) is 2.31. The number of carbonyl (C=O) groups is 2. The van der Waals surface area contributed by atoms with Crippen LogP contribution in [-0.4, -0.2) is 37.7 Å².